The number of β-amino-alcohol motifs (C(OH)–C–C–N with tert-alkyl or cyclic N) is 1. The van der Waals surface area contributed by atoms with Crippen LogP contribution < -0.4 is 20.4 Å². The molecule has 0 saturated heterocycles. The topological polar surface area (TPSA) is 86.2 Å². The van der Waals surface area contributed by atoms with Gasteiger partial charge in [0.1, 0.15) is 24.2 Å². The molecule has 186 valence electrons. The molecule has 0 aliphatic carbocycles. The van der Waals surface area contributed by atoms with Gasteiger partial charge in [-0.2, -0.15) is 0 Å². The number of rotatable bonds is 12. The molecule has 0 spiro atoms. The number of ether oxygens (including phenoxy) is 2. The van der Waals surface area contributed by atoms with E-state index in [1.165, 1.54) is 5.56 Å². The molecule has 1 atom stereocenters. The predicted octanol–water partition coefficient (Wildman–Crippen LogP) is 3.62. The Morgan fingerprint density at radius 2 is 1.76 bits per heavy atom. The van der Waals surface area contributed by atoms with Crippen LogP contribution in [0, 0.1) is 6.92 Å². The molecule has 1 heterocycles. The summed E-state index contributed by atoms with van der Waals surface area (Å²) in [4.78, 5) is 0. The summed E-state index contributed by atoms with van der Waals surface area (Å²) in [5.74, 6) is 2.18. The summed E-state index contributed by atoms with van der Waals surface area (Å²) in [5.41, 5.74) is 10.7. The molecule has 2 aromatic rings. The van der Waals surface area contributed by atoms with Gasteiger partial charge >= 0.3 is 0 Å². The van der Waals surface area contributed by atoms with Crippen molar-refractivity contribution in [2.75, 3.05) is 32.2 Å². The van der Waals surface area contributed by atoms with Crippen molar-refractivity contribution < 1.29 is 19.7 Å². The lowest BCUT2D eigenvalue weighted by Gasteiger charge is -2.27. The lowest BCUT2D eigenvalue weighted by atomic mass is 9.77. The lowest BCUT2D eigenvalue weighted by Crippen LogP contribution is -2.44. The molecule has 1 unspecified atom stereocenters. The number of hydrogen-bond acceptors (Lipinski definition) is 7. The smallest absolute Gasteiger partial charge is 0.122 e. The molecule has 7 nitrogen and oxygen atoms in total. The number of hydrogen-bond donors (Lipinski definition) is 4. The molecule has 1 aliphatic rings. The second-order valence-corrected chi connectivity index (χ2v) is 9.44. The first-order valence-electron chi connectivity index (χ1n) is 11.6. The number of benzene rings is 2. The van der Waals surface area contributed by atoms with Crippen LogP contribution in [0.25, 0.3) is 0 Å². The van der Waals surface area contributed by atoms with E-state index in [0.29, 0.717) is 23.9 Å². The van der Waals surface area contributed by atoms with E-state index in [0.717, 1.165) is 29.0 Å². The molecule has 0 saturated carbocycles. The highest BCUT2D eigenvalue weighted by atomic mass is 35.5. The SMILES string of the molecule is CC1=C(CO)N(CC(O)COc2ccc(C(C)(C)c3ccc(OCCCCl)c(C)c3)cc2)NN1. The van der Waals surface area contributed by atoms with Gasteiger partial charge in [0, 0.05) is 17.0 Å². The van der Waals surface area contributed by atoms with Crippen LogP contribution >= 0.6 is 11.6 Å². The van der Waals surface area contributed by atoms with Crippen LogP contribution in [-0.4, -0.2) is 53.6 Å². The Labute approximate surface area is 207 Å². The Kier molecular flexibility index (Phi) is 9.08. The van der Waals surface area contributed by atoms with Crippen LogP contribution in [0.15, 0.2) is 53.9 Å². The molecule has 8 heteroatoms. The number of allylic oxidation sites excluding steroid dienone is 1. The van der Waals surface area contributed by atoms with Crippen LogP contribution in [0.5, 0.6) is 11.5 Å². The number of aliphatic hydroxyl groups is 2. The zero-order valence-electron chi connectivity index (χ0n) is 20.4. The molecule has 1 aliphatic heterocycles. The molecule has 4 N–H and O–H groups in total. The minimum Gasteiger partial charge on any atom is -0.493 e. The maximum Gasteiger partial charge on any atom is 0.122 e. The fourth-order valence-corrected chi connectivity index (χ4v) is 3.99. The van der Waals surface area contributed by atoms with Gasteiger partial charge in [0.05, 0.1) is 25.5 Å². The zero-order chi connectivity index (χ0) is 24.7. The largest absolute Gasteiger partial charge is 0.493 e. The van der Waals surface area contributed by atoms with Gasteiger partial charge in [-0.3, -0.25) is 5.01 Å². The van der Waals surface area contributed by atoms with Crippen LogP contribution in [0.3, 0.4) is 0 Å². The van der Waals surface area contributed by atoms with Gasteiger partial charge in [-0.1, -0.05) is 38.1 Å². The van der Waals surface area contributed by atoms with Crippen LogP contribution in [0.1, 0.15) is 43.9 Å². The first-order valence-corrected chi connectivity index (χ1v) is 12.1. The van der Waals surface area contributed by atoms with Crippen molar-refractivity contribution in [2.45, 2.75) is 45.6 Å². The van der Waals surface area contributed by atoms with Crippen molar-refractivity contribution in [2.24, 2.45) is 0 Å². The van der Waals surface area contributed by atoms with Crippen molar-refractivity contribution in [3.05, 3.63) is 70.5 Å². The molecule has 0 radical (unpaired) electrons. The normalized spacial score (nSPS) is 14.9. The number of nitrogens with zero attached hydrogens (tertiary/aromatic N) is 1. The summed E-state index contributed by atoms with van der Waals surface area (Å²) in [5, 5.41) is 21.5. The molecular weight excluding hydrogens is 454 g/mol. The number of halogens is 1. The van der Waals surface area contributed by atoms with Gasteiger partial charge < -0.3 is 25.1 Å². The summed E-state index contributed by atoms with van der Waals surface area (Å²) in [7, 11) is 0. The van der Waals surface area contributed by atoms with Crippen molar-refractivity contribution >= 4 is 11.6 Å². The summed E-state index contributed by atoms with van der Waals surface area (Å²) in [6.07, 6.45) is 0.0953. The van der Waals surface area contributed by atoms with Gasteiger partial charge in [-0.15, -0.1) is 17.1 Å². The number of nitrogens with one attached hydrogen (secondary N) is 2. The fraction of sp³-hybridized carbons (Fsp3) is 0.462. The highest BCUT2D eigenvalue weighted by Gasteiger charge is 2.24. The Hall–Kier alpha value is -2.45. The van der Waals surface area contributed by atoms with Gasteiger partial charge in [-0.25, -0.2) is 0 Å². The molecule has 0 aromatic heterocycles. The minimum atomic E-state index is -0.731. The molecule has 3 rings (SSSR count). The van der Waals surface area contributed by atoms with Crippen molar-refractivity contribution in [3.63, 3.8) is 0 Å². The summed E-state index contributed by atoms with van der Waals surface area (Å²) >= 11 is 5.74. The van der Waals surface area contributed by atoms with Crippen molar-refractivity contribution in [3.8, 4) is 11.5 Å². The van der Waals surface area contributed by atoms with Crippen LogP contribution in [-0.2, 0) is 5.41 Å². The highest BCUT2D eigenvalue weighted by Crippen LogP contribution is 2.34. The minimum absolute atomic E-state index is 0.111. The Bertz CT molecular complexity index is 979. The molecule has 2 aromatic carbocycles. The quantitative estimate of drug-likeness (QED) is 0.267. The number of aliphatic hydroxyl groups excluding tert-OH is 2. The maximum absolute atomic E-state index is 10.4. The van der Waals surface area contributed by atoms with E-state index in [1.807, 2.05) is 25.1 Å². The standard InChI is InChI=1S/C26H36ClN3O4/c1-18-14-21(8-11-25(18)33-13-5-12-27)26(3,4)20-6-9-23(10-7-20)34-17-22(32)15-30-24(16-31)19(2)28-29-30/h6-11,14,22,28-29,31-32H,5,12-13,15-17H2,1-4H3. The van der Waals surface area contributed by atoms with E-state index in [2.05, 4.69) is 56.0 Å². The highest BCUT2D eigenvalue weighted by molar-refractivity contribution is 6.17. The Morgan fingerprint density at radius 3 is 2.41 bits per heavy atom. The molecular formula is C26H36ClN3O4. The first kappa shape index (κ1) is 26.2. The summed E-state index contributed by atoms with van der Waals surface area (Å²) < 4.78 is 11.6. The van der Waals surface area contributed by atoms with E-state index in [-0.39, 0.29) is 25.2 Å². The van der Waals surface area contributed by atoms with E-state index in [4.69, 9.17) is 21.1 Å². The maximum atomic E-state index is 10.4. The molecule has 0 amide bonds. The molecule has 0 bridgehead atoms. The third-order valence-corrected chi connectivity index (χ3v) is 6.40. The number of aryl methyl sites for hydroxylation is 1. The second kappa shape index (κ2) is 11.8. The Balaban J connectivity index is 1.58. The lowest BCUT2D eigenvalue weighted by molar-refractivity contribution is 0.0600. The molecule has 0 fully saturated rings. The number of alkyl halides is 1. The van der Waals surface area contributed by atoms with Gasteiger partial charge in [0.2, 0.25) is 0 Å². The van der Waals surface area contributed by atoms with Crippen molar-refractivity contribution in [1.82, 2.24) is 16.0 Å². The fourth-order valence-electron chi connectivity index (χ4n) is 3.88. The average Bonchev–Trinajstić information content (AvgIpc) is 3.17. The third-order valence-electron chi connectivity index (χ3n) is 6.13. The summed E-state index contributed by atoms with van der Waals surface area (Å²) in [6.45, 7) is 9.25. The Morgan fingerprint density at radius 1 is 1.06 bits per heavy atom. The van der Waals surface area contributed by atoms with E-state index in [9.17, 15) is 10.2 Å². The van der Waals surface area contributed by atoms with E-state index < -0.39 is 6.10 Å². The predicted molar refractivity (Wildman–Crippen MR) is 135 cm³/mol. The molecule has 34 heavy (non-hydrogen) atoms. The van der Waals surface area contributed by atoms with E-state index >= 15 is 0 Å². The van der Waals surface area contributed by atoms with E-state index in [1.54, 1.807) is 5.01 Å². The monoisotopic (exact) mass is 489 g/mol. The second-order valence-electron chi connectivity index (χ2n) is 9.06. The average molecular weight is 490 g/mol. The van der Waals surface area contributed by atoms with Crippen LogP contribution in [0.4, 0.5) is 0 Å². The van der Waals surface area contributed by atoms with Gasteiger partial charge in [0.15, 0.2) is 0 Å². The van der Waals surface area contributed by atoms with Crippen LogP contribution in [0.2, 0.25) is 0 Å². The first-order chi connectivity index (χ1) is 16.3. The van der Waals surface area contributed by atoms with Gasteiger partial charge in [0.25, 0.3) is 0 Å². The van der Waals surface area contributed by atoms with Gasteiger partial charge in [-0.05, 0) is 55.2 Å². The zero-order valence-corrected chi connectivity index (χ0v) is 21.2. The van der Waals surface area contributed by atoms with Crippen molar-refractivity contribution in [1.29, 1.82) is 0 Å². The summed E-state index contributed by atoms with van der Waals surface area (Å²) in [6, 6.07) is 14.3. The third kappa shape index (κ3) is 6.36. The number of hydrazine groups is 2.